The Morgan fingerprint density at radius 2 is 1.79 bits per heavy atom. The van der Waals surface area contributed by atoms with Crippen LogP contribution in [0.4, 0.5) is 16.2 Å². The van der Waals surface area contributed by atoms with Gasteiger partial charge in [-0.2, -0.15) is 4.99 Å². The molecule has 0 bridgehead atoms. The number of anilines is 2. The van der Waals surface area contributed by atoms with E-state index in [0.29, 0.717) is 12.0 Å². The second-order valence-corrected chi connectivity index (χ2v) is 9.85. The number of hydrogen-bond acceptors (Lipinski definition) is 5. The molecule has 0 aromatic heterocycles. The van der Waals surface area contributed by atoms with E-state index in [9.17, 15) is 9.59 Å². The lowest BCUT2D eigenvalue weighted by atomic mass is 10.2. The van der Waals surface area contributed by atoms with Crippen molar-refractivity contribution < 1.29 is 14.3 Å². The minimum atomic E-state index is -0.786. The van der Waals surface area contributed by atoms with E-state index in [1.807, 2.05) is 35.2 Å². The summed E-state index contributed by atoms with van der Waals surface area (Å²) < 4.78 is 5.49. The standard InChI is InChI=1S/C24H29Cl2N5O3/c1-24(2,3)34-23(33)31(14-15-12-17(25)20(27)18(26)13-15)22(28)29-21(32)19-10-7-11-30(19)16-8-5-4-6-9-16/h4-6,8-9,12-13,19H,7,10-11,14,27H2,1-3H3,(H2,28,29,32)/t19-/m0/s1. The van der Waals surface area contributed by atoms with Gasteiger partial charge in [-0.1, -0.05) is 41.4 Å². The zero-order valence-corrected chi connectivity index (χ0v) is 20.9. The number of guanidine groups is 1. The van der Waals surface area contributed by atoms with Crippen molar-refractivity contribution >= 4 is 52.5 Å². The Morgan fingerprint density at radius 1 is 1.18 bits per heavy atom. The van der Waals surface area contributed by atoms with Crippen molar-refractivity contribution in [3.8, 4) is 0 Å². The summed E-state index contributed by atoms with van der Waals surface area (Å²) in [6.07, 6.45) is 0.732. The predicted molar refractivity (Wildman–Crippen MR) is 136 cm³/mol. The van der Waals surface area contributed by atoms with Gasteiger partial charge in [-0.25, -0.2) is 9.69 Å². The first-order chi connectivity index (χ1) is 16.0. The van der Waals surface area contributed by atoms with Gasteiger partial charge in [0.2, 0.25) is 5.96 Å². The number of aliphatic imine (C=N–C) groups is 1. The predicted octanol–water partition coefficient (Wildman–Crippen LogP) is 4.82. The summed E-state index contributed by atoms with van der Waals surface area (Å²) in [6, 6.07) is 12.3. The van der Waals surface area contributed by atoms with E-state index in [2.05, 4.69) is 4.99 Å². The number of benzene rings is 2. The number of ether oxygens (including phenoxy) is 1. The molecule has 0 unspecified atom stereocenters. The molecule has 34 heavy (non-hydrogen) atoms. The van der Waals surface area contributed by atoms with Crippen LogP contribution in [-0.4, -0.2) is 41.0 Å². The van der Waals surface area contributed by atoms with Crippen LogP contribution in [0.5, 0.6) is 0 Å². The number of nitrogens with zero attached hydrogens (tertiary/aromatic N) is 3. The lowest BCUT2D eigenvalue weighted by Crippen LogP contribution is -2.45. The van der Waals surface area contributed by atoms with Gasteiger partial charge in [0.05, 0.1) is 22.3 Å². The van der Waals surface area contributed by atoms with Crippen LogP contribution in [0.3, 0.4) is 0 Å². The lowest BCUT2D eigenvalue weighted by Gasteiger charge is -2.28. The number of halogens is 2. The van der Waals surface area contributed by atoms with Gasteiger partial charge in [-0.15, -0.1) is 0 Å². The van der Waals surface area contributed by atoms with Crippen molar-refractivity contribution in [1.82, 2.24) is 4.90 Å². The Bertz CT molecular complexity index is 1060. The van der Waals surface area contributed by atoms with E-state index in [4.69, 9.17) is 39.4 Å². The number of hydrogen-bond donors (Lipinski definition) is 2. The van der Waals surface area contributed by atoms with Crippen molar-refractivity contribution in [2.75, 3.05) is 17.2 Å². The van der Waals surface area contributed by atoms with E-state index in [0.717, 1.165) is 23.6 Å². The third-order valence-electron chi connectivity index (χ3n) is 5.22. The largest absolute Gasteiger partial charge is 0.443 e. The molecule has 0 saturated carbocycles. The van der Waals surface area contributed by atoms with E-state index in [-0.39, 0.29) is 28.2 Å². The van der Waals surface area contributed by atoms with E-state index < -0.39 is 23.6 Å². The number of rotatable bonds is 4. The second kappa shape index (κ2) is 10.5. The molecule has 2 aromatic carbocycles. The third-order valence-corrected chi connectivity index (χ3v) is 5.85. The topological polar surface area (TPSA) is 114 Å². The highest BCUT2D eigenvalue weighted by atomic mass is 35.5. The van der Waals surface area contributed by atoms with Crippen LogP contribution in [0.2, 0.25) is 10.0 Å². The highest BCUT2D eigenvalue weighted by Crippen LogP contribution is 2.30. The highest BCUT2D eigenvalue weighted by molar-refractivity contribution is 6.38. The second-order valence-electron chi connectivity index (χ2n) is 9.03. The molecule has 0 aliphatic carbocycles. The summed E-state index contributed by atoms with van der Waals surface area (Å²) in [5.74, 6) is -0.705. The highest BCUT2D eigenvalue weighted by Gasteiger charge is 2.32. The Kier molecular flexibility index (Phi) is 7.94. The SMILES string of the molecule is CC(C)(C)OC(=O)N(Cc1cc(Cl)c(N)c(Cl)c1)C(N)=NC(=O)[C@@H]1CCCN1c1ccccc1. The fraction of sp³-hybridized carbons (Fsp3) is 0.375. The molecule has 2 amide bonds. The Balaban J connectivity index is 1.88. The van der Waals surface area contributed by atoms with E-state index >= 15 is 0 Å². The number of carbonyl (C=O) groups excluding carboxylic acids is 2. The first-order valence-electron chi connectivity index (χ1n) is 10.9. The molecule has 10 heteroatoms. The van der Waals surface area contributed by atoms with Gasteiger partial charge < -0.3 is 21.1 Å². The van der Waals surface area contributed by atoms with Crippen LogP contribution in [-0.2, 0) is 16.1 Å². The maximum atomic E-state index is 13.1. The zero-order chi connectivity index (χ0) is 25.0. The number of nitrogens with two attached hydrogens (primary N) is 2. The van der Waals surface area contributed by atoms with Crippen molar-refractivity contribution in [1.29, 1.82) is 0 Å². The van der Waals surface area contributed by atoms with Gasteiger partial charge >= 0.3 is 6.09 Å². The number of para-hydroxylation sites is 1. The molecule has 3 rings (SSSR count). The fourth-order valence-corrected chi connectivity index (χ4v) is 4.20. The quantitative estimate of drug-likeness (QED) is 0.349. The maximum absolute atomic E-state index is 13.1. The molecule has 4 N–H and O–H groups in total. The summed E-state index contributed by atoms with van der Waals surface area (Å²) >= 11 is 12.3. The van der Waals surface area contributed by atoms with Crippen LogP contribution in [0.1, 0.15) is 39.2 Å². The van der Waals surface area contributed by atoms with Crippen LogP contribution in [0.25, 0.3) is 0 Å². The first kappa shape index (κ1) is 25.6. The van der Waals surface area contributed by atoms with Crippen molar-refractivity contribution in [3.63, 3.8) is 0 Å². The molecule has 0 spiro atoms. The Morgan fingerprint density at radius 3 is 2.38 bits per heavy atom. The van der Waals surface area contributed by atoms with E-state index in [1.54, 1.807) is 32.9 Å². The Labute approximate surface area is 209 Å². The molecule has 8 nitrogen and oxygen atoms in total. The molecule has 1 fully saturated rings. The average Bonchev–Trinajstić information content (AvgIpc) is 3.25. The van der Waals surface area contributed by atoms with Crippen molar-refractivity contribution in [2.24, 2.45) is 10.7 Å². The molecule has 1 aliphatic rings. The first-order valence-corrected chi connectivity index (χ1v) is 11.7. The molecule has 1 heterocycles. The molecule has 2 aromatic rings. The fourth-order valence-electron chi connectivity index (χ4n) is 3.67. The summed E-state index contributed by atoms with van der Waals surface area (Å²) in [5, 5.41) is 0.477. The van der Waals surface area contributed by atoms with Gasteiger partial charge in [0.15, 0.2) is 0 Å². The van der Waals surface area contributed by atoms with Crippen LogP contribution in [0, 0.1) is 0 Å². The van der Waals surface area contributed by atoms with Gasteiger partial charge in [-0.05, 0) is 63.4 Å². The molecule has 1 saturated heterocycles. The number of amides is 2. The van der Waals surface area contributed by atoms with E-state index in [1.165, 1.54) is 0 Å². The smallest absolute Gasteiger partial charge is 0.417 e. The lowest BCUT2D eigenvalue weighted by molar-refractivity contribution is -0.118. The van der Waals surface area contributed by atoms with Crippen molar-refractivity contribution in [2.45, 2.75) is 51.8 Å². The molecule has 182 valence electrons. The summed E-state index contributed by atoms with van der Waals surface area (Å²) in [6.45, 7) is 5.86. The molecular formula is C24H29Cl2N5O3. The van der Waals surface area contributed by atoms with Crippen molar-refractivity contribution in [3.05, 3.63) is 58.1 Å². The summed E-state index contributed by atoms with van der Waals surface area (Å²) in [7, 11) is 0. The minimum Gasteiger partial charge on any atom is -0.443 e. The zero-order valence-electron chi connectivity index (χ0n) is 19.4. The molecule has 1 atom stereocenters. The molecule has 1 aliphatic heterocycles. The Hall–Kier alpha value is -2.97. The summed E-state index contributed by atoms with van der Waals surface area (Å²) in [5.41, 5.74) is 12.9. The van der Waals surface area contributed by atoms with Gasteiger partial charge in [0.25, 0.3) is 5.91 Å². The minimum absolute atomic E-state index is 0.0652. The third kappa shape index (κ3) is 6.33. The molecule has 0 radical (unpaired) electrons. The van der Waals surface area contributed by atoms with Gasteiger partial charge in [0.1, 0.15) is 11.6 Å². The van der Waals surface area contributed by atoms with Crippen LogP contribution < -0.4 is 16.4 Å². The summed E-state index contributed by atoms with van der Waals surface area (Å²) in [4.78, 5) is 33.2. The molecular weight excluding hydrogens is 477 g/mol. The van der Waals surface area contributed by atoms with Crippen LogP contribution >= 0.6 is 23.2 Å². The number of nitrogen functional groups attached to an aromatic ring is 1. The normalized spacial score (nSPS) is 16.4. The van der Waals surface area contributed by atoms with Gasteiger partial charge in [0, 0.05) is 12.2 Å². The monoisotopic (exact) mass is 505 g/mol. The average molecular weight is 506 g/mol. The van der Waals surface area contributed by atoms with Gasteiger partial charge in [-0.3, -0.25) is 4.79 Å². The maximum Gasteiger partial charge on any atom is 0.417 e. The van der Waals surface area contributed by atoms with Crippen LogP contribution in [0.15, 0.2) is 47.5 Å². The number of carbonyl (C=O) groups is 2.